The summed E-state index contributed by atoms with van der Waals surface area (Å²) in [5, 5.41) is 4.27. The van der Waals surface area contributed by atoms with Gasteiger partial charge >= 0.3 is 0 Å². The lowest BCUT2D eigenvalue weighted by atomic mass is 10.0. The molecule has 1 amide bonds. The van der Waals surface area contributed by atoms with Crippen LogP contribution in [0.1, 0.15) is 23.6 Å². The maximum atomic E-state index is 13.5. The Bertz CT molecular complexity index is 1060. The van der Waals surface area contributed by atoms with Crippen LogP contribution in [0.2, 0.25) is 10.0 Å². The molecule has 11 heteroatoms. The van der Waals surface area contributed by atoms with Crippen LogP contribution in [0.3, 0.4) is 0 Å². The predicted octanol–water partition coefficient (Wildman–Crippen LogP) is 4.56. The number of carbonyl (C=O) groups is 1. The van der Waals surface area contributed by atoms with E-state index in [2.05, 4.69) is 22.3 Å². The van der Waals surface area contributed by atoms with Gasteiger partial charge in [-0.05, 0) is 41.8 Å². The fraction of sp³-hybridized carbons (Fsp3) is 0.581. The van der Waals surface area contributed by atoms with Gasteiger partial charge in [0.15, 0.2) is 0 Å². The Balaban J connectivity index is 1.56. The molecule has 1 aliphatic heterocycles. The maximum absolute atomic E-state index is 13.5. The lowest BCUT2D eigenvalue weighted by Crippen LogP contribution is -2.39. The normalized spacial score (nSPS) is 16.1. The van der Waals surface area contributed by atoms with Crippen LogP contribution in [-0.2, 0) is 34.9 Å². The monoisotopic (exact) mass is 625 g/mol. The molecule has 0 saturated carbocycles. The van der Waals surface area contributed by atoms with Crippen LogP contribution in [-0.4, -0.2) is 116 Å². The first-order valence-corrected chi connectivity index (χ1v) is 15.2. The Labute approximate surface area is 260 Å². The van der Waals surface area contributed by atoms with Gasteiger partial charge in [-0.25, -0.2) is 0 Å². The molecule has 1 saturated heterocycles. The number of carbonyl (C=O) groups excluding carboxylic acids is 1. The largest absolute Gasteiger partial charge is 0.383 e. The van der Waals surface area contributed by atoms with Crippen LogP contribution in [0.25, 0.3) is 0 Å². The summed E-state index contributed by atoms with van der Waals surface area (Å²) < 4.78 is 27.2. The number of halogens is 2. The van der Waals surface area contributed by atoms with E-state index < -0.39 is 0 Å². The molecule has 0 bridgehead atoms. The molecule has 2 aromatic carbocycles. The molecule has 2 atom stereocenters. The summed E-state index contributed by atoms with van der Waals surface area (Å²) in [6.07, 6.45) is 1.32. The van der Waals surface area contributed by atoms with Gasteiger partial charge in [-0.15, -0.1) is 0 Å². The van der Waals surface area contributed by atoms with Crippen LogP contribution >= 0.6 is 23.2 Å². The van der Waals surface area contributed by atoms with E-state index in [1.165, 1.54) is 0 Å². The molecule has 2 aromatic rings. The van der Waals surface area contributed by atoms with Crippen molar-refractivity contribution in [3.05, 3.63) is 63.6 Å². The zero-order valence-corrected chi connectivity index (χ0v) is 26.5. The second kappa shape index (κ2) is 19.4. The number of likely N-dealkylation sites (tertiary alicyclic amines) is 1. The van der Waals surface area contributed by atoms with E-state index >= 15 is 0 Å². The Hall–Kier alpha value is -1.95. The molecule has 1 heterocycles. The number of ether oxygens (including phenoxy) is 5. The Morgan fingerprint density at radius 1 is 0.952 bits per heavy atom. The summed E-state index contributed by atoms with van der Waals surface area (Å²) in [5.41, 5.74) is 2.91. The third-order valence-electron chi connectivity index (χ3n) is 7.18. The van der Waals surface area contributed by atoms with Gasteiger partial charge in [-0.2, -0.15) is 0 Å². The van der Waals surface area contributed by atoms with Crippen molar-refractivity contribution in [1.82, 2.24) is 9.80 Å². The Morgan fingerprint density at radius 2 is 1.64 bits per heavy atom. The predicted molar refractivity (Wildman–Crippen MR) is 167 cm³/mol. The van der Waals surface area contributed by atoms with Gasteiger partial charge < -0.3 is 33.9 Å². The average Bonchev–Trinajstić information content (AvgIpc) is 3.44. The van der Waals surface area contributed by atoms with Crippen molar-refractivity contribution < 1.29 is 28.5 Å². The minimum atomic E-state index is -0.131. The zero-order chi connectivity index (χ0) is 30.2. The minimum absolute atomic E-state index is 0.0102. The molecular weight excluding hydrogens is 581 g/mol. The van der Waals surface area contributed by atoms with Crippen molar-refractivity contribution in [3.63, 3.8) is 0 Å². The highest BCUT2D eigenvalue weighted by Gasteiger charge is 2.29. The number of likely N-dealkylation sites (N-methyl/N-ethyl adjacent to an activating group) is 1. The molecule has 1 N–H and O–H groups in total. The minimum Gasteiger partial charge on any atom is -0.383 e. The van der Waals surface area contributed by atoms with E-state index in [-0.39, 0.29) is 24.5 Å². The average molecular weight is 627 g/mol. The first kappa shape index (κ1) is 34.5. The van der Waals surface area contributed by atoms with Crippen molar-refractivity contribution in [2.24, 2.45) is 0 Å². The molecular formula is C31H45Cl2N3O6. The number of hydrogen-bond acceptors (Lipinski definition) is 8. The maximum Gasteiger partial charge on any atom is 0.227 e. The molecule has 0 spiro atoms. The number of methoxy groups -OCH3 is 2. The van der Waals surface area contributed by atoms with E-state index in [0.717, 1.165) is 42.9 Å². The molecule has 0 radical (unpaired) electrons. The molecule has 3 rings (SSSR count). The van der Waals surface area contributed by atoms with E-state index in [1.54, 1.807) is 26.4 Å². The Kier molecular flexibility index (Phi) is 15.9. The van der Waals surface area contributed by atoms with Gasteiger partial charge in [-0.1, -0.05) is 41.4 Å². The SMILES string of the molecule is COCCNc1ccc(C(CN2CCC(OCCOCCOCCOC)C2)N(C)C(=O)Cc2ccc(Cl)c(Cl)c2)cc1. The second-order valence-corrected chi connectivity index (χ2v) is 11.1. The van der Waals surface area contributed by atoms with Gasteiger partial charge in [0, 0.05) is 53.1 Å². The van der Waals surface area contributed by atoms with E-state index in [9.17, 15) is 4.79 Å². The van der Waals surface area contributed by atoms with Crippen LogP contribution in [0.5, 0.6) is 0 Å². The summed E-state index contributed by atoms with van der Waals surface area (Å²) >= 11 is 12.3. The standard InChI is InChI=1S/C31H45Cl2N3O6/c1-35(31(37)21-24-4-9-28(32)29(33)20-24)30(25-5-7-26(8-6-25)34-11-13-38-2)23-36-12-10-27(22-36)42-19-18-41-17-16-40-15-14-39-3/h4-9,20,27,30,34H,10-19,21-23H2,1-3H3. The fourth-order valence-corrected chi connectivity index (χ4v) is 5.10. The Morgan fingerprint density at radius 3 is 2.33 bits per heavy atom. The lowest BCUT2D eigenvalue weighted by molar-refractivity contribution is -0.131. The van der Waals surface area contributed by atoms with E-state index in [0.29, 0.717) is 62.8 Å². The van der Waals surface area contributed by atoms with Gasteiger partial charge in [0.05, 0.1) is 74.9 Å². The molecule has 1 aliphatic rings. The number of nitrogens with one attached hydrogen (secondary N) is 1. The molecule has 42 heavy (non-hydrogen) atoms. The van der Waals surface area contributed by atoms with Crippen molar-refractivity contribution >= 4 is 34.8 Å². The van der Waals surface area contributed by atoms with Gasteiger partial charge in [0.2, 0.25) is 5.91 Å². The number of amides is 1. The smallest absolute Gasteiger partial charge is 0.227 e. The van der Waals surface area contributed by atoms with E-state index in [1.807, 2.05) is 30.1 Å². The van der Waals surface area contributed by atoms with Crippen molar-refractivity contribution in [2.75, 3.05) is 99.0 Å². The van der Waals surface area contributed by atoms with Crippen molar-refractivity contribution in [1.29, 1.82) is 0 Å². The summed E-state index contributed by atoms with van der Waals surface area (Å²) in [6.45, 7) is 7.08. The number of hydrogen-bond donors (Lipinski definition) is 1. The fourth-order valence-electron chi connectivity index (χ4n) is 4.78. The molecule has 0 aromatic heterocycles. The van der Waals surface area contributed by atoms with Crippen LogP contribution in [0, 0.1) is 0 Å². The highest BCUT2D eigenvalue weighted by molar-refractivity contribution is 6.42. The zero-order valence-electron chi connectivity index (χ0n) is 25.0. The quantitative estimate of drug-likeness (QED) is 0.214. The molecule has 234 valence electrons. The van der Waals surface area contributed by atoms with Gasteiger partial charge in [0.1, 0.15) is 0 Å². The molecule has 2 unspecified atom stereocenters. The molecule has 9 nitrogen and oxygen atoms in total. The first-order chi connectivity index (χ1) is 20.4. The third-order valence-corrected chi connectivity index (χ3v) is 7.92. The second-order valence-electron chi connectivity index (χ2n) is 10.2. The summed E-state index contributed by atoms with van der Waals surface area (Å²) in [4.78, 5) is 17.7. The van der Waals surface area contributed by atoms with E-state index in [4.69, 9.17) is 46.9 Å². The molecule has 1 fully saturated rings. The summed E-state index contributed by atoms with van der Waals surface area (Å²) in [6, 6.07) is 13.5. The number of rotatable bonds is 20. The van der Waals surface area contributed by atoms with Crippen LogP contribution in [0.15, 0.2) is 42.5 Å². The summed E-state index contributed by atoms with van der Waals surface area (Å²) in [7, 11) is 5.21. The van der Waals surface area contributed by atoms with Crippen LogP contribution < -0.4 is 5.32 Å². The highest BCUT2D eigenvalue weighted by atomic mass is 35.5. The first-order valence-electron chi connectivity index (χ1n) is 14.4. The van der Waals surface area contributed by atoms with Crippen LogP contribution in [0.4, 0.5) is 5.69 Å². The lowest BCUT2D eigenvalue weighted by Gasteiger charge is -2.32. The molecule has 0 aliphatic carbocycles. The number of benzene rings is 2. The van der Waals surface area contributed by atoms with Gasteiger partial charge in [-0.3, -0.25) is 9.69 Å². The third kappa shape index (κ3) is 12.0. The topological polar surface area (TPSA) is 81.7 Å². The number of anilines is 1. The number of nitrogens with zero attached hydrogens (tertiary/aromatic N) is 2. The van der Waals surface area contributed by atoms with Crippen molar-refractivity contribution in [2.45, 2.75) is 25.0 Å². The van der Waals surface area contributed by atoms with Gasteiger partial charge in [0.25, 0.3) is 0 Å². The highest BCUT2D eigenvalue weighted by Crippen LogP contribution is 2.27. The van der Waals surface area contributed by atoms with Crippen molar-refractivity contribution in [3.8, 4) is 0 Å². The summed E-state index contributed by atoms with van der Waals surface area (Å²) in [5.74, 6) is 0.0102.